The summed E-state index contributed by atoms with van der Waals surface area (Å²) in [6.07, 6.45) is 0.980. The van der Waals surface area contributed by atoms with Crippen molar-refractivity contribution < 1.29 is 9.53 Å². The van der Waals surface area contributed by atoms with Crippen LogP contribution in [0.25, 0.3) is 0 Å². The SMILES string of the molecule is COCCCN1CCNCC1C(=O)N(C)C. The number of ether oxygens (including phenoxy) is 1. The molecule has 0 aliphatic carbocycles. The van der Waals surface area contributed by atoms with Crippen LogP contribution in [-0.4, -0.2) is 75.7 Å². The molecule has 1 heterocycles. The molecule has 1 atom stereocenters. The molecule has 1 fully saturated rings. The summed E-state index contributed by atoms with van der Waals surface area (Å²) in [5.41, 5.74) is 0. The summed E-state index contributed by atoms with van der Waals surface area (Å²) in [7, 11) is 5.33. The minimum absolute atomic E-state index is 0.0133. The van der Waals surface area contributed by atoms with Crippen LogP contribution in [0.3, 0.4) is 0 Å². The summed E-state index contributed by atoms with van der Waals surface area (Å²) in [6.45, 7) is 4.34. The molecular weight excluding hydrogens is 206 g/mol. The minimum atomic E-state index is -0.0133. The Morgan fingerprint density at radius 2 is 2.31 bits per heavy atom. The van der Waals surface area contributed by atoms with Gasteiger partial charge in [-0.15, -0.1) is 0 Å². The summed E-state index contributed by atoms with van der Waals surface area (Å²) >= 11 is 0. The number of carbonyl (C=O) groups is 1. The summed E-state index contributed by atoms with van der Waals surface area (Å²) in [6, 6.07) is -0.0133. The van der Waals surface area contributed by atoms with Crippen molar-refractivity contribution >= 4 is 5.91 Å². The van der Waals surface area contributed by atoms with E-state index in [4.69, 9.17) is 4.74 Å². The van der Waals surface area contributed by atoms with E-state index in [2.05, 4.69) is 10.2 Å². The number of hydrogen-bond acceptors (Lipinski definition) is 4. The molecule has 5 nitrogen and oxygen atoms in total. The zero-order chi connectivity index (χ0) is 12.0. The van der Waals surface area contributed by atoms with Crippen LogP contribution in [-0.2, 0) is 9.53 Å². The number of rotatable bonds is 5. The maximum atomic E-state index is 12.0. The quantitative estimate of drug-likeness (QED) is 0.639. The van der Waals surface area contributed by atoms with Gasteiger partial charge in [-0.25, -0.2) is 0 Å². The lowest BCUT2D eigenvalue weighted by atomic mass is 10.1. The smallest absolute Gasteiger partial charge is 0.240 e. The number of hydrogen-bond donors (Lipinski definition) is 1. The van der Waals surface area contributed by atoms with Gasteiger partial charge in [0.05, 0.1) is 0 Å². The molecule has 94 valence electrons. The highest BCUT2D eigenvalue weighted by atomic mass is 16.5. The standard InChI is InChI=1S/C11H23N3O2/c1-13(2)11(15)10-9-12-5-7-14(10)6-4-8-16-3/h10,12H,4-9H2,1-3H3. The Hall–Kier alpha value is -0.650. The summed E-state index contributed by atoms with van der Waals surface area (Å²) < 4.78 is 5.04. The molecule has 0 bridgehead atoms. The van der Waals surface area contributed by atoms with Crippen LogP contribution in [0.4, 0.5) is 0 Å². The fourth-order valence-corrected chi connectivity index (χ4v) is 1.97. The molecule has 0 aromatic carbocycles. The molecule has 1 saturated heterocycles. The van der Waals surface area contributed by atoms with Gasteiger partial charge in [-0.1, -0.05) is 0 Å². The van der Waals surface area contributed by atoms with E-state index in [-0.39, 0.29) is 11.9 Å². The Bertz CT molecular complexity index is 221. The van der Waals surface area contributed by atoms with Gasteiger partial charge in [-0.2, -0.15) is 0 Å². The van der Waals surface area contributed by atoms with E-state index in [1.165, 1.54) is 0 Å². The molecule has 1 amide bonds. The molecule has 1 aliphatic heterocycles. The summed E-state index contributed by atoms with van der Waals surface area (Å²) in [4.78, 5) is 15.9. The maximum Gasteiger partial charge on any atom is 0.240 e. The molecule has 1 unspecified atom stereocenters. The second kappa shape index (κ2) is 6.83. The van der Waals surface area contributed by atoms with E-state index < -0.39 is 0 Å². The van der Waals surface area contributed by atoms with Crippen molar-refractivity contribution in [3.8, 4) is 0 Å². The van der Waals surface area contributed by atoms with Crippen molar-refractivity contribution in [2.75, 3.05) is 54.0 Å². The molecule has 1 rings (SSSR count). The van der Waals surface area contributed by atoms with Crippen molar-refractivity contribution in [3.63, 3.8) is 0 Å². The lowest BCUT2D eigenvalue weighted by molar-refractivity contribution is -0.135. The fourth-order valence-electron chi connectivity index (χ4n) is 1.97. The Kier molecular flexibility index (Phi) is 5.73. The van der Waals surface area contributed by atoms with Crippen molar-refractivity contribution in [3.05, 3.63) is 0 Å². The van der Waals surface area contributed by atoms with Crippen molar-refractivity contribution in [1.82, 2.24) is 15.1 Å². The number of piperazine rings is 1. The van der Waals surface area contributed by atoms with Crippen molar-refractivity contribution in [2.45, 2.75) is 12.5 Å². The molecular formula is C11H23N3O2. The van der Waals surface area contributed by atoms with Crippen LogP contribution in [0.5, 0.6) is 0 Å². The first-order chi connectivity index (χ1) is 7.66. The van der Waals surface area contributed by atoms with Gasteiger partial charge in [-0.3, -0.25) is 9.69 Å². The molecule has 0 radical (unpaired) electrons. The van der Waals surface area contributed by atoms with Gasteiger partial charge in [0.1, 0.15) is 6.04 Å². The van der Waals surface area contributed by atoms with Crippen LogP contribution in [0.2, 0.25) is 0 Å². The number of likely N-dealkylation sites (N-methyl/N-ethyl adjacent to an activating group) is 1. The number of nitrogens with one attached hydrogen (secondary N) is 1. The number of methoxy groups -OCH3 is 1. The third-order valence-electron chi connectivity index (χ3n) is 2.87. The highest BCUT2D eigenvalue weighted by molar-refractivity contribution is 5.81. The largest absolute Gasteiger partial charge is 0.385 e. The summed E-state index contributed by atoms with van der Waals surface area (Å²) in [5.74, 6) is 0.185. The van der Waals surface area contributed by atoms with Crippen LogP contribution in [0, 0.1) is 0 Å². The third-order valence-corrected chi connectivity index (χ3v) is 2.87. The highest BCUT2D eigenvalue weighted by Gasteiger charge is 2.28. The number of amides is 1. The Balaban J connectivity index is 2.46. The normalized spacial score (nSPS) is 22.1. The van der Waals surface area contributed by atoms with Gasteiger partial charge >= 0.3 is 0 Å². The first-order valence-corrected chi connectivity index (χ1v) is 5.81. The van der Waals surface area contributed by atoms with Crippen LogP contribution >= 0.6 is 0 Å². The van der Waals surface area contributed by atoms with E-state index in [9.17, 15) is 4.79 Å². The number of nitrogens with zero attached hydrogens (tertiary/aromatic N) is 2. The average molecular weight is 229 g/mol. The third kappa shape index (κ3) is 3.73. The molecule has 0 spiro atoms. The predicted octanol–water partition coefficient (Wildman–Crippen LogP) is -0.615. The molecule has 0 aromatic rings. The van der Waals surface area contributed by atoms with Crippen molar-refractivity contribution in [2.24, 2.45) is 0 Å². The second-order valence-corrected chi connectivity index (χ2v) is 4.33. The van der Waals surface area contributed by atoms with Gasteiger partial charge in [0.15, 0.2) is 0 Å². The van der Waals surface area contributed by atoms with Gasteiger partial charge in [0.25, 0.3) is 0 Å². The van der Waals surface area contributed by atoms with E-state index in [1.807, 2.05) is 14.1 Å². The first kappa shape index (κ1) is 13.4. The highest BCUT2D eigenvalue weighted by Crippen LogP contribution is 2.06. The van der Waals surface area contributed by atoms with Crippen LogP contribution in [0.15, 0.2) is 0 Å². The van der Waals surface area contributed by atoms with E-state index in [0.717, 1.165) is 39.2 Å². The van der Waals surface area contributed by atoms with Crippen molar-refractivity contribution in [1.29, 1.82) is 0 Å². The van der Waals surface area contributed by atoms with E-state index in [1.54, 1.807) is 12.0 Å². The Morgan fingerprint density at radius 3 is 2.94 bits per heavy atom. The zero-order valence-corrected chi connectivity index (χ0v) is 10.5. The summed E-state index contributed by atoms with van der Waals surface area (Å²) in [5, 5.41) is 3.27. The minimum Gasteiger partial charge on any atom is -0.385 e. The molecule has 1 N–H and O–H groups in total. The first-order valence-electron chi connectivity index (χ1n) is 5.81. The molecule has 16 heavy (non-hydrogen) atoms. The Morgan fingerprint density at radius 1 is 1.56 bits per heavy atom. The van der Waals surface area contributed by atoms with Gasteiger partial charge in [0, 0.05) is 54.0 Å². The van der Waals surface area contributed by atoms with Crippen LogP contribution < -0.4 is 5.32 Å². The van der Waals surface area contributed by atoms with E-state index >= 15 is 0 Å². The Labute approximate surface area is 97.7 Å². The second-order valence-electron chi connectivity index (χ2n) is 4.33. The topological polar surface area (TPSA) is 44.8 Å². The molecule has 5 heteroatoms. The maximum absolute atomic E-state index is 12.0. The molecule has 1 aliphatic rings. The van der Waals surface area contributed by atoms with Gasteiger partial charge < -0.3 is 15.0 Å². The number of carbonyl (C=O) groups excluding carboxylic acids is 1. The average Bonchev–Trinajstić information content (AvgIpc) is 2.29. The zero-order valence-electron chi connectivity index (χ0n) is 10.5. The molecule has 0 aromatic heterocycles. The van der Waals surface area contributed by atoms with Gasteiger partial charge in [-0.05, 0) is 6.42 Å². The monoisotopic (exact) mass is 229 g/mol. The fraction of sp³-hybridized carbons (Fsp3) is 0.909. The lowest BCUT2D eigenvalue weighted by Crippen LogP contribution is -2.57. The van der Waals surface area contributed by atoms with Gasteiger partial charge in [0.2, 0.25) is 5.91 Å². The predicted molar refractivity (Wildman–Crippen MR) is 63.4 cm³/mol. The molecule has 0 saturated carbocycles. The lowest BCUT2D eigenvalue weighted by Gasteiger charge is -2.36. The van der Waals surface area contributed by atoms with Crippen LogP contribution in [0.1, 0.15) is 6.42 Å². The van der Waals surface area contributed by atoms with E-state index in [0.29, 0.717) is 0 Å².